The van der Waals surface area contributed by atoms with E-state index in [-0.39, 0.29) is 0 Å². The maximum Gasteiger partial charge on any atom is 0.332 e. The van der Waals surface area contributed by atoms with Gasteiger partial charge in [-0.05, 0) is 6.92 Å². The fourth-order valence-corrected chi connectivity index (χ4v) is 0.982. The van der Waals surface area contributed by atoms with Gasteiger partial charge in [-0.3, -0.25) is 0 Å². The van der Waals surface area contributed by atoms with Crippen LogP contribution >= 0.6 is 0 Å². The van der Waals surface area contributed by atoms with Gasteiger partial charge in [-0.25, -0.2) is 4.79 Å². The molecule has 0 rings (SSSR count). The van der Waals surface area contributed by atoms with E-state index < -0.39 is 42.9 Å². The molecule has 0 amide bonds. The zero-order valence-electron chi connectivity index (χ0n) is 8.19. The van der Waals surface area contributed by atoms with Crippen LogP contribution in [0.2, 0.25) is 0 Å². The summed E-state index contributed by atoms with van der Waals surface area (Å²) in [5.74, 6) is -1.53. The Morgan fingerprint density at radius 3 is 1.87 bits per heavy atom. The molecule has 0 saturated carbocycles. The highest BCUT2D eigenvalue weighted by atomic mass is 16.4. The van der Waals surface area contributed by atoms with Crippen LogP contribution in [0.3, 0.4) is 0 Å². The standard InChI is InChI=1S/C8H16O7/c1-3(9)6(12)7(13)4(10)2-5(11)8(14)15/h3-7,9-13H,2H2,1H3,(H,14,15). The second-order valence-corrected chi connectivity index (χ2v) is 3.38. The summed E-state index contributed by atoms with van der Waals surface area (Å²) in [6.45, 7) is 1.20. The molecule has 7 heteroatoms. The van der Waals surface area contributed by atoms with Crippen LogP contribution in [0.4, 0.5) is 0 Å². The third-order valence-electron chi connectivity index (χ3n) is 1.99. The average Bonchev–Trinajstić information content (AvgIpc) is 2.14. The monoisotopic (exact) mass is 224 g/mol. The van der Waals surface area contributed by atoms with Gasteiger partial charge in [-0.1, -0.05) is 0 Å². The molecule has 0 radical (unpaired) electrons. The van der Waals surface area contributed by atoms with Crippen molar-refractivity contribution in [2.75, 3.05) is 0 Å². The molecule has 0 aliphatic heterocycles. The summed E-state index contributed by atoms with van der Waals surface area (Å²) < 4.78 is 0. The minimum atomic E-state index is -1.82. The Kier molecular flexibility index (Phi) is 5.69. The first-order chi connectivity index (χ1) is 6.77. The number of hydrogen-bond acceptors (Lipinski definition) is 6. The largest absolute Gasteiger partial charge is 0.479 e. The highest BCUT2D eigenvalue weighted by molar-refractivity contribution is 5.71. The smallest absolute Gasteiger partial charge is 0.332 e. The van der Waals surface area contributed by atoms with Crippen molar-refractivity contribution in [2.45, 2.75) is 43.9 Å². The lowest BCUT2D eigenvalue weighted by Gasteiger charge is -2.25. The molecule has 7 nitrogen and oxygen atoms in total. The summed E-state index contributed by atoms with van der Waals surface area (Å²) in [5.41, 5.74) is 0. The molecule has 0 aliphatic carbocycles. The lowest BCUT2D eigenvalue weighted by atomic mass is 9.99. The van der Waals surface area contributed by atoms with Crippen LogP contribution in [-0.4, -0.2) is 67.1 Å². The normalized spacial score (nSPS) is 21.5. The van der Waals surface area contributed by atoms with Gasteiger partial charge in [0.1, 0.15) is 12.2 Å². The number of carboxylic acids is 1. The van der Waals surface area contributed by atoms with Crippen LogP contribution in [0.15, 0.2) is 0 Å². The van der Waals surface area contributed by atoms with Crippen molar-refractivity contribution in [3.05, 3.63) is 0 Å². The van der Waals surface area contributed by atoms with Gasteiger partial charge in [0.05, 0.1) is 12.2 Å². The molecule has 0 heterocycles. The maximum atomic E-state index is 10.2. The van der Waals surface area contributed by atoms with Gasteiger partial charge < -0.3 is 30.6 Å². The minimum absolute atomic E-state index is 0.625. The van der Waals surface area contributed by atoms with Crippen molar-refractivity contribution >= 4 is 5.97 Å². The fraction of sp³-hybridized carbons (Fsp3) is 0.875. The van der Waals surface area contributed by atoms with E-state index in [0.717, 1.165) is 0 Å². The summed E-state index contributed by atoms with van der Waals surface area (Å²) in [5, 5.41) is 53.6. The molecule has 0 saturated heterocycles. The molecule has 0 aromatic rings. The quantitative estimate of drug-likeness (QED) is 0.288. The van der Waals surface area contributed by atoms with E-state index in [4.69, 9.17) is 20.4 Å². The van der Waals surface area contributed by atoms with Crippen molar-refractivity contribution in [3.63, 3.8) is 0 Å². The Morgan fingerprint density at radius 2 is 1.53 bits per heavy atom. The van der Waals surface area contributed by atoms with Gasteiger partial charge in [0, 0.05) is 6.42 Å². The van der Waals surface area contributed by atoms with Crippen molar-refractivity contribution in [2.24, 2.45) is 0 Å². The topological polar surface area (TPSA) is 138 Å². The molecule has 6 N–H and O–H groups in total. The van der Waals surface area contributed by atoms with E-state index in [0.29, 0.717) is 0 Å². The summed E-state index contributed by atoms with van der Waals surface area (Å²) in [6.07, 6.45) is -8.64. The Balaban J connectivity index is 4.20. The SMILES string of the molecule is CC(O)C(O)C(O)C(O)CC(O)C(=O)O. The van der Waals surface area contributed by atoms with Crippen molar-refractivity contribution in [1.29, 1.82) is 0 Å². The Labute approximate surface area is 86.2 Å². The number of rotatable bonds is 6. The molecule has 15 heavy (non-hydrogen) atoms. The summed E-state index contributed by atoms with van der Waals surface area (Å²) in [7, 11) is 0. The Bertz CT molecular complexity index is 205. The van der Waals surface area contributed by atoms with Crippen LogP contribution in [0.5, 0.6) is 0 Å². The van der Waals surface area contributed by atoms with E-state index in [1.807, 2.05) is 0 Å². The Morgan fingerprint density at radius 1 is 1.07 bits per heavy atom. The van der Waals surface area contributed by atoms with Gasteiger partial charge in [-0.15, -0.1) is 0 Å². The molecule has 0 fully saturated rings. The van der Waals surface area contributed by atoms with Crippen LogP contribution in [-0.2, 0) is 4.79 Å². The molecule has 90 valence electrons. The van der Waals surface area contributed by atoms with Gasteiger partial charge in [0.2, 0.25) is 0 Å². The van der Waals surface area contributed by atoms with Crippen molar-refractivity contribution < 1.29 is 35.4 Å². The molecule has 0 aliphatic rings. The lowest BCUT2D eigenvalue weighted by Crippen LogP contribution is -2.45. The maximum absolute atomic E-state index is 10.2. The van der Waals surface area contributed by atoms with Crippen LogP contribution < -0.4 is 0 Å². The highest BCUT2D eigenvalue weighted by Gasteiger charge is 2.30. The first kappa shape index (κ1) is 14.3. The number of hydrogen-bond donors (Lipinski definition) is 6. The minimum Gasteiger partial charge on any atom is -0.479 e. The number of carboxylic acid groups (broad SMARTS) is 1. The van der Waals surface area contributed by atoms with Gasteiger partial charge in [0.25, 0.3) is 0 Å². The van der Waals surface area contributed by atoms with Crippen molar-refractivity contribution in [1.82, 2.24) is 0 Å². The van der Waals surface area contributed by atoms with Crippen molar-refractivity contribution in [3.8, 4) is 0 Å². The number of aliphatic carboxylic acids is 1. The lowest BCUT2D eigenvalue weighted by molar-refractivity contribution is -0.151. The van der Waals surface area contributed by atoms with Gasteiger partial charge >= 0.3 is 5.97 Å². The molecule has 5 atom stereocenters. The zero-order valence-corrected chi connectivity index (χ0v) is 8.19. The molecular formula is C8H16O7. The predicted octanol–water partition coefficient (Wildman–Crippen LogP) is -2.71. The van der Waals surface area contributed by atoms with E-state index in [1.165, 1.54) is 6.92 Å². The number of aliphatic hydroxyl groups excluding tert-OH is 5. The number of aliphatic hydroxyl groups is 5. The number of carbonyl (C=O) groups is 1. The first-order valence-corrected chi connectivity index (χ1v) is 4.40. The van der Waals surface area contributed by atoms with E-state index in [2.05, 4.69) is 0 Å². The summed E-state index contributed by atoms with van der Waals surface area (Å²) >= 11 is 0. The summed E-state index contributed by atoms with van der Waals surface area (Å²) in [6, 6.07) is 0. The van der Waals surface area contributed by atoms with E-state index >= 15 is 0 Å². The van der Waals surface area contributed by atoms with Gasteiger partial charge in [0.15, 0.2) is 6.10 Å². The fourth-order valence-electron chi connectivity index (χ4n) is 0.982. The molecule has 0 bridgehead atoms. The molecule has 0 aromatic heterocycles. The second-order valence-electron chi connectivity index (χ2n) is 3.38. The highest BCUT2D eigenvalue weighted by Crippen LogP contribution is 2.09. The zero-order chi connectivity index (χ0) is 12.2. The Hall–Kier alpha value is -0.730. The molecular weight excluding hydrogens is 208 g/mol. The third kappa shape index (κ3) is 4.54. The molecule has 0 spiro atoms. The summed E-state index contributed by atoms with van der Waals surface area (Å²) in [4.78, 5) is 10.2. The van der Waals surface area contributed by atoms with Crippen LogP contribution in [0.1, 0.15) is 13.3 Å². The second kappa shape index (κ2) is 5.99. The van der Waals surface area contributed by atoms with Crippen LogP contribution in [0, 0.1) is 0 Å². The molecule has 5 unspecified atom stereocenters. The first-order valence-electron chi connectivity index (χ1n) is 4.40. The average molecular weight is 224 g/mol. The third-order valence-corrected chi connectivity index (χ3v) is 1.99. The van der Waals surface area contributed by atoms with Crippen LogP contribution in [0.25, 0.3) is 0 Å². The predicted molar refractivity (Wildman–Crippen MR) is 48.0 cm³/mol. The van der Waals surface area contributed by atoms with E-state index in [1.54, 1.807) is 0 Å². The van der Waals surface area contributed by atoms with E-state index in [9.17, 15) is 15.0 Å². The van der Waals surface area contributed by atoms with Gasteiger partial charge in [-0.2, -0.15) is 0 Å². The molecule has 0 aromatic carbocycles.